The van der Waals surface area contributed by atoms with Gasteiger partial charge in [-0.3, -0.25) is 0 Å². The molecule has 0 bridgehead atoms. The second kappa shape index (κ2) is 10.7. The van der Waals surface area contributed by atoms with Gasteiger partial charge in [-0.1, -0.05) is 87.3 Å². The van der Waals surface area contributed by atoms with Crippen molar-refractivity contribution in [1.82, 2.24) is 4.98 Å². The third kappa shape index (κ3) is 6.23. The lowest BCUT2D eigenvalue weighted by Gasteiger charge is -2.23. The number of aromatic nitrogens is 1. The maximum atomic E-state index is 6.32. The first-order chi connectivity index (χ1) is 14.3. The number of benzene rings is 2. The van der Waals surface area contributed by atoms with Crippen molar-refractivity contribution in [2.75, 3.05) is 11.4 Å². The Morgan fingerprint density at radius 1 is 0.933 bits per heavy atom. The van der Waals surface area contributed by atoms with E-state index in [1.54, 1.807) is 0 Å². The lowest BCUT2D eigenvalue weighted by atomic mass is 10.0. The molecule has 0 aliphatic carbocycles. The summed E-state index contributed by atoms with van der Waals surface area (Å²) in [6.45, 7) is 10.9. The van der Waals surface area contributed by atoms with Crippen LogP contribution in [0, 0.1) is 11.8 Å². The smallest absolute Gasteiger partial charge is 0.186 e. The molecule has 30 heavy (non-hydrogen) atoms. The van der Waals surface area contributed by atoms with Gasteiger partial charge in [0.05, 0.1) is 15.7 Å². The summed E-state index contributed by atoms with van der Waals surface area (Å²) in [4.78, 5) is 8.85. The molecule has 0 unspecified atom stereocenters. The molecule has 0 saturated heterocycles. The molecule has 2 aromatic carbocycles. The summed E-state index contributed by atoms with van der Waals surface area (Å²) in [5.41, 5.74) is 3.37. The normalized spacial score (nSPS) is 11.5. The lowest BCUT2D eigenvalue weighted by molar-refractivity contribution is 0.571. The van der Waals surface area contributed by atoms with Crippen LogP contribution in [0.4, 0.5) is 5.13 Å². The Morgan fingerprint density at radius 2 is 1.67 bits per heavy atom. The van der Waals surface area contributed by atoms with Crippen LogP contribution in [0.25, 0.3) is 11.3 Å². The van der Waals surface area contributed by atoms with E-state index < -0.39 is 0 Å². The minimum atomic E-state index is 0.554. The van der Waals surface area contributed by atoms with E-state index in [1.807, 2.05) is 29.5 Å². The van der Waals surface area contributed by atoms with Crippen LogP contribution in [-0.4, -0.2) is 11.5 Å². The molecule has 3 rings (SSSR count). The topological polar surface area (TPSA) is 16.1 Å². The van der Waals surface area contributed by atoms with Gasteiger partial charge in [0, 0.05) is 23.5 Å². The Labute approximate surface area is 194 Å². The zero-order chi connectivity index (χ0) is 21.7. The fourth-order valence-corrected chi connectivity index (χ4v) is 4.93. The van der Waals surface area contributed by atoms with Crippen LogP contribution in [0.1, 0.15) is 44.6 Å². The number of anilines is 1. The van der Waals surface area contributed by atoms with E-state index in [0.29, 0.717) is 21.9 Å². The largest absolute Gasteiger partial charge is 0.344 e. The molecule has 0 aliphatic heterocycles. The number of thiazole rings is 1. The number of hydrogen-bond donors (Lipinski definition) is 0. The van der Waals surface area contributed by atoms with Gasteiger partial charge in [-0.2, -0.15) is 0 Å². The van der Waals surface area contributed by atoms with Gasteiger partial charge in [0.25, 0.3) is 0 Å². The van der Waals surface area contributed by atoms with E-state index in [-0.39, 0.29) is 0 Å². The summed E-state index contributed by atoms with van der Waals surface area (Å²) in [7, 11) is 0. The first kappa shape index (κ1) is 23.1. The maximum absolute atomic E-state index is 6.32. The SMILES string of the molecule is CC(C)CCN(Cc1ccccc1)c1nc(-c2ccc(Cl)c(Cl)c2)c(CC(C)C)s1. The second-order valence-electron chi connectivity index (χ2n) is 8.58. The summed E-state index contributed by atoms with van der Waals surface area (Å²) in [5.74, 6) is 1.20. The fraction of sp³-hybridized carbons (Fsp3) is 0.400. The summed E-state index contributed by atoms with van der Waals surface area (Å²) in [6, 6.07) is 16.4. The predicted molar refractivity (Wildman–Crippen MR) is 133 cm³/mol. The van der Waals surface area contributed by atoms with E-state index in [0.717, 1.165) is 42.3 Å². The van der Waals surface area contributed by atoms with Gasteiger partial charge >= 0.3 is 0 Å². The number of hydrogen-bond acceptors (Lipinski definition) is 3. The average Bonchev–Trinajstić information content (AvgIpc) is 3.11. The van der Waals surface area contributed by atoms with Gasteiger partial charge in [-0.05, 0) is 42.4 Å². The monoisotopic (exact) mass is 460 g/mol. The van der Waals surface area contributed by atoms with E-state index in [9.17, 15) is 0 Å². The van der Waals surface area contributed by atoms with Gasteiger partial charge < -0.3 is 4.90 Å². The van der Waals surface area contributed by atoms with E-state index >= 15 is 0 Å². The molecule has 3 aromatic rings. The first-order valence-corrected chi connectivity index (χ1v) is 12.1. The Hall–Kier alpha value is -1.55. The molecule has 0 aliphatic rings. The molecule has 0 spiro atoms. The van der Waals surface area contributed by atoms with Crippen molar-refractivity contribution in [1.29, 1.82) is 0 Å². The fourth-order valence-electron chi connectivity index (χ4n) is 3.31. The van der Waals surface area contributed by atoms with E-state index in [4.69, 9.17) is 28.2 Å². The van der Waals surface area contributed by atoms with Crippen molar-refractivity contribution < 1.29 is 0 Å². The number of nitrogens with zero attached hydrogens (tertiary/aromatic N) is 2. The van der Waals surface area contributed by atoms with Crippen molar-refractivity contribution >= 4 is 39.7 Å². The standard InChI is InChI=1S/C25H30Cl2N2S/c1-17(2)12-13-29(16-19-8-6-5-7-9-19)25-28-24(23(30-25)14-18(3)4)20-10-11-21(26)22(27)15-20/h5-11,15,17-18H,12-14,16H2,1-4H3. The third-order valence-corrected chi connectivity index (χ3v) is 6.81. The Bertz CT molecular complexity index is 951. The highest BCUT2D eigenvalue weighted by molar-refractivity contribution is 7.16. The van der Waals surface area contributed by atoms with Crippen molar-refractivity contribution in [3.63, 3.8) is 0 Å². The molecule has 0 fully saturated rings. The van der Waals surface area contributed by atoms with Crippen molar-refractivity contribution in [3.8, 4) is 11.3 Å². The van der Waals surface area contributed by atoms with Gasteiger partial charge in [0.2, 0.25) is 0 Å². The maximum Gasteiger partial charge on any atom is 0.186 e. The van der Waals surface area contributed by atoms with Gasteiger partial charge in [-0.15, -0.1) is 11.3 Å². The molecular weight excluding hydrogens is 431 g/mol. The molecule has 0 amide bonds. The van der Waals surface area contributed by atoms with Gasteiger partial charge in [-0.25, -0.2) is 4.98 Å². The molecule has 5 heteroatoms. The zero-order valence-corrected chi connectivity index (χ0v) is 20.5. The molecule has 0 N–H and O–H groups in total. The lowest BCUT2D eigenvalue weighted by Crippen LogP contribution is -2.24. The van der Waals surface area contributed by atoms with E-state index in [2.05, 4.69) is 62.9 Å². The molecule has 2 nitrogen and oxygen atoms in total. The Morgan fingerprint density at radius 3 is 2.30 bits per heavy atom. The van der Waals surface area contributed by atoms with Crippen molar-refractivity contribution in [3.05, 3.63) is 69.0 Å². The van der Waals surface area contributed by atoms with Gasteiger partial charge in [0.15, 0.2) is 5.13 Å². The van der Waals surface area contributed by atoms with Crippen molar-refractivity contribution in [2.45, 2.75) is 47.1 Å². The minimum Gasteiger partial charge on any atom is -0.344 e. The molecule has 0 saturated carbocycles. The number of halogens is 2. The first-order valence-electron chi connectivity index (χ1n) is 10.6. The van der Waals surface area contributed by atoms with Crippen LogP contribution in [-0.2, 0) is 13.0 Å². The van der Waals surface area contributed by atoms with Gasteiger partial charge in [0.1, 0.15) is 0 Å². The highest BCUT2D eigenvalue weighted by Gasteiger charge is 2.19. The van der Waals surface area contributed by atoms with Crippen LogP contribution in [0.15, 0.2) is 48.5 Å². The molecule has 1 aromatic heterocycles. The number of rotatable bonds is 9. The Balaban J connectivity index is 1.99. The van der Waals surface area contributed by atoms with Crippen LogP contribution < -0.4 is 4.90 Å². The highest BCUT2D eigenvalue weighted by atomic mass is 35.5. The summed E-state index contributed by atoms with van der Waals surface area (Å²) < 4.78 is 0. The van der Waals surface area contributed by atoms with Crippen LogP contribution in [0.5, 0.6) is 0 Å². The zero-order valence-electron chi connectivity index (χ0n) is 18.2. The predicted octanol–water partition coefficient (Wildman–Crippen LogP) is 8.37. The summed E-state index contributed by atoms with van der Waals surface area (Å²) in [5, 5.41) is 2.22. The summed E-state index contributed by atoms with van der Waals surface area (Å²) in [6.07, 6.45) is 2.13. The molecule has 1 heterocycles. The van der Waals surface area contributed by atoms with Crippen LogP contribution in [0.3, 0.4) is 0 Å². The minimum absolute atomic E-state index is 0.554. The molecule has 0 radical (unpaired) electrons. The molecular formula is C25H30Cl2N2S. The quantitative estimate of drug-likeness (QED) is 0.318. The second-order valence-corrected chi connectivity index (χ2v) is 10.5. The molecule has 0 atom stereocenters. The molecule has 160 valence electrons. The van der Waals surface area contributed by atoms with E-state index in [1.165, 1.54) is 10.4 Å². The summed E-state index contributed by atoms with van der Waals surface area (Å²) >= 11 is 14.3. The third-order valence-electron chi connectivity index (χ3n) is 4.94. The average molecular weight is 462 g/mol. The van der Waals surface area contributed by atoms with Crippen molar-refractivity contribution in [2.24, 2.45) is 11.8 Å². The highest BCUT2D eigenvalue weighted by Crippen LogP contribution is 2.37. The van der Waals surface area contributed by atoms with Crippen LogP contribution in [0.2, 0.25) is 10.0 Å². The van der Waals surface area contributed by atoms with Crippen LogP contribution >= 0.6 is 34.5 Å². The Kier molecular flexibility index (Phi) is 8.21.